The van der Waals surface area contributed by atoms with Gasteiger partial charge < -0.3 is 9.47 Å². The molecule has 1 amide bonds. The van der Waals surface area contributed by atoms with Crippen molar-refractivity contribution in [1.29, 1.82) is 0 Å². The molecule has 172 valence electrons. The first-order valence-electron chi connectivity index (χ1n) is 10.4. The van der Waals surface area contributed by atoms with Crippen LogP contribution in [-0.2, 0) is 6.61 Å². The van der Waals surface area contributed by atoms with E-state index < -0.39 is 6.61 Å². The molecule has 0 spiro atoms. The zero-order valence-corrected chi connectivity index (χ0v) is 18.2. The summed E-state index contributed by atoms with van der Waals surface area (Å²) in [6.07, 6.45) is 1.73. The van der Waals surface area contributed by atoms with Gasteiger partial charge in [0.2, 0.25) is 0 Å². The fraction of sp³-hybridized carbons (Fsp3) is 0.115. The molecule has 6 nitrogen and oxygen atoms in total. The normalized spacial score (nSPS) is 11.5. The van der Waals surface area contributed by atoms with Crippen LogP contribution in [0.1, 0.15) is 28.4 Å². The maximum atomic E-state index is 12.4. The number of amides is 1. The van der Waals surface area contributed by atoms with Gasteiger partial charge in [0.25, 0.3) is 5.91 Å². The highest BCUT2D eigenvalue weighted by Gasteiger charge is 2.08. The number of hydrogen-bond donors (Lipinski definition) is 1. The molecule has 0 aliphatic rings. The molecule has 8 heteroatoms. The number of hydrogen-bond acceptors (Lipinski definition) is 5. The summed E-state index contributed by atoms with van der Waals surface area (Å²) in [6.45, 7) is -0.848. The molecule has 1 heterocycles. The van der Waals surface area contributed by atoms with Gasteiger partial charge in [0.05, 0.1) is 5.71 Å². The number of fused-ring (bicyclic) bond motifs is 1. The summed E-state index contributed by atoms with van der Waals surface area (Å²) in [4.78, 5) is 16.8. The van der Waals surface area contributed by atoms with E-state index in [1.807, 2.05) is 42.5 Å². The summed E-state index contributed by atoms with van der Waals surface area (Å²) < 4.78 is 34.7. The first kappa shape index (κ1) is 22.8. The molecule has 0 unspecified atom stereocenters. The van der Waals surface area contributed by atoms with Gasteiger partial charge in [-0.1, -0.05) is 30.3 Å². The first-order valence-corrected chi connectivity index (χ1v) is 10.4. The van der Waals surface area contributed by atoms with E-state index in [2.05, 4.69) is 20.2 Å². The maximum Gasteiger partial charge on any atom is 0.387 e. The topological polar surface area (TPSA) is 72.8 Å². The van der Waals surface area contributed by atoms with Crippen molar-refractivity contribution in [3.8, 4) is 11.5 Å². The lowest BCUT2D eigenvalue weighted by molar-refractivity contribution is -0.0498. The van der Waals surface area contributed by atoms with Crippen LogP contribution < -0.4 is 14.9 Å². The molecule has 0 fully saturated rings. The Morgan fingerprint density at radius 3 is 2.41 bits per heavy atom. The minimum Gasteiger partial charge on any atom is -0.487 e. The lowest BCUT2D eigenvalue weighted by atomic mass is 10.1. The molecule has 0 atom stereocenters. The molecule has 0 aliphatic heterocycles. The van der Waals surface area contributed by atoms with Gasteiger partial charge >= 0.3 is 6.61 Å². The van der Waals surface area contributed by atoms with E-state index in [1.165, 1.54) is 12.1 Å². The summed E-state index contributed by atoms with van der Waals surface area (Å²) in [7, 11) is 0. The molecule has 4 rings (SSSR count). The van der Waals surface area contributed by atoms with E-state index in [0.717, 1.165) is 16.5 Å². The fourth-order valence-electron chi connectivity index (χ4n) is 3.25. The van der Waals surface area contributed by atoms with Crippen LogP contribution in [0.15, 0.2) is 90.2 Å². The Morgan fingerprint density at radius 1 is 0.971 bits per heavy atom. The summed E-state index contributed by atoms with van der Waals surface area (Å²) >= 11 is 0. The van der Waals surface area contributed by atoms with Gasteiger partial charge in [0.15, 0.2) is 0 Å². The molecule has 34 heavy (non-hydrogen) atoms. The van der Waals surface area contributed by atoms with Crippen molar-refractivity contribution in [2.24, 2.45) is 5.10 Å². The standard InChI is InChI=1S/C26H21F2N3O3/c1-17(19-11-13-22(14-12-19)34-26(27)28)30-31-25(32)21-9-7-18(8-10-21)16-33-23-6-2-4-20-5-3-15-29-24(20)23/h2-15,26H,16H2,1H3,(H,31,32)/b30-17-. The number of para-hydroxylation sites is 1. The third-order valence-corrected chi connectivity index (χ3v) is 5.03. The van der Waals surface area contributed by atoms with Crippen LogP contribution >= 0.6 is 0 Å². The molecule has 0 radical (unpaired) electrons. The number of benzene rings is 3. The summed E-state index contributed by atoms with van der Waals surface area (Å²) in [6, 6.07) is 22.6. The number of nitrogens with one attached hydrogen (secondary N) is 1. The SMILES string of the molecule is C/C(=N/NC(=O)c1ccc(COc2cccc3cccnc23)cc1)c1ccc(OC(F)F)cc1. The number of carbonyl (C=O) groups is 1. The number of pyridine rings is 1. The van der Waals surface area contributed by atoms with Gasteiger partial charge in [0, 0.05) is 17.1 Å². The third kappa shape index (κ3) is 5.72. The minimum absolute atomic E-state index is 0.0522. The number of alkyl halides is 2. The molecule has 1 N–H and O–H groups in total. The Balaban J connectivity index is 1.34. The number of halogens is 2. The van der Waals surface area contributed by atoms with Crippen LogP contribution in [0.3, 0.4) is 0 Å². The number of aromatic nitrogens is 1. The smallest absolute Gasteiger partial charge is 0.387 e. The molecule has 1 aromatic heterocycles. The third-order valence-electron chi connectivity index (χ3n) is 5.03. The van der Waals surface area contributed by atoms with Crippen LogP contribution in [-0.4, -0.2) is 23.2 Å². The molecule has 0 saturated heterocycles. The number of hydrazone groups is 1. The van der Waals surface area contributed by atoms with Gasteiger partial charge in [-0.3, -0.25) is 9.78 Å². The quantitative estimate of drug-likeness (QED) is 0.275. The highest BCUT2D eigenvalue weighted by molar-refractivity contribution is 6.00. The summed E-state index contributed by atoms with van der Waals surface area (Å²) in [5.41, 5.74) is 5.82. The van der Waals surface area contributed by atoms with E-state index in [9.17, 15) is 13.6 Å². The lowest BCUT2D eigenvalue weighted by Gasteiger charge is -2.09. The van der Waals surface area contributed by atoms with Crippen LogP contribution in [0, 0.1) is 0 Å². The second kappa shape index (κ2) is 10.5. The highest BCUT2D eigenvalue weighted by Crippen LogP contribution is 2.24. The number of ether oxygens (including phenoxy) is 2. The Morgan fingerprint density at radius 2 is 1.68 bits per heavy atom. The second-order valence-corrected chi connectivity index (χ2v) is 7.36. The van der Waals surface area contributed by atoms with Crippen molar-refractivity contribution in [2.45, 2.75) is 20.1 Å². The number of rotatable bonds is 8. The zero-order chi connectivity index (χ0) is 23.9. The Bertz CT molecular complexity index is 1300. The van der Waals surface area contributed by atoms with E-state index >= 15 is 0 Å². The van der Waals surface area contributed by atoms with Crippen LogP contribution in [0.5, 0.6) is 11.5 Å². The predicted octanol–water partition coefficient (Wildman–Crippen LogP) is 5.57. The highest BCUT2D eigenvalue weighted by atomic mass is 19.3. The van der Waals surface area contributed by atoms with Gasteiger partial charge in [-0.15, -0.1) is 0 Å². The van der Waals surface area contributed by atoms with E-state index in [-0.39, 0.29) is 11.7 Å². The summed E-state index contributed by atoms with van der Waals surface area (Å²) in [5, 5.41) is 5.09. The van der Waals surface area contributed by atoms with Crippen molar-refractivity contribution >= 4 is 22.5 Å². The fourth-order valence-corrected chi connectivity index (χ4v) is 3.25. The average Bonchev–Trinajstić information content (AvgIpc) is 2.86. The second-order valence-electron chi connectivity index (χ2n) is 7.36. The van der Waals surface area contributed by atoms with Gasteiger partial charge in [-0.2, -0.15) is 13.9 Å². The van der Waals surface area contributed by atoms with E-state index in [4.69, 9.17) is 4.74 Å². The largest absolute Gasteiger partial charge is 0.487 e. The van der Waals surface area contributed by atoms with Crippen LogP contribution in [0.25, 0.3) is 10.9 Å². The maximum absolute atomic E-state index is 12.4. The minimum atomic E-state index is -2.88. The number of nitrogens with zero attached hydrogens (tertiary/aromatic N) is 2. The molecule has 0 aliphatic carbocycles. The van der Waals surface area contributed by atoms with Crippen molar-refractivity contribution in [3.05, 3.63) is 102 Å². The molecular weight excluding hydrogens is 440 g/mol. The molecular formula is C26H21F2N3O3. The Hall–Kier alpha value is -4.33. The molecule has 0 bridgehead atoms. The van der Waals surface area contributed by atoms with Crippen LogP contribution in [0.4, 0.5) is 8.78 Å². The first-order chi connectivity index (χ1) is 16.5. The van der Waals surface area contributed by atoms with Crippen molar-refractivity contribution < 1.29 is 23.0 Å². The number of carbonyl (C=O) groups excluding carboxylic acids is 1. The van der Waals surface area contributed by atoms with Gasteiger partial charge in [-0.25, -0.2) is 5.43 Å². The van der Waals surface area contributed by atoms with Crippen molar-refractivity contribution in [3.63, 3.8) is 0 Å². The predicted molar refractivity (Wildman–Crippen MR) is 125 cm³/mol. The van der Waals surface area contributed by atoms with Gasteiger partial charge in [0.1, 0.15) is 23.6 Å². The summed E-state index contributed by atoms with van der Waals surface area (Å²) in [5.74, 6) is 0.373. The Kier molecular flexibility index (Phi) is 7.07. The van der Waals surface area contributed by atoms with Crippen molar-refractivity contribution in [1.82, 2.24) is 10.4 Å². The molecule has 0 saturated carbocycles. The van der Waals surface area contributed by atoms with Crippen LogP contribution in [0.2, 0.25) is 0 Å². The molecule has 3 aromatic carbocycles. The Labute approximate surface area is 194 Å². The monoisotopic (exact) mass is 461 g/mol. The van der Waals surface area contributed by atoms with E-state index in [1.54, 1.807) is 37.4 Å². The zero-order valence-electron chi connectivity index (χ0n) is 18.2. The van der Waals surface area contributed by atoms with Gasteiger partial charge in [-0.05, 0) is 66.6 Å². The van der Waals surface area contributed by atoms with Crippen molar-refractivity contribution in [2.75, 3.05) is 0 Å². The lowest BCUT2D eigenvalue weighted by Crippen LogP contribution is -2.19. The van der Waals surface area contributed by atoms with E-state index in [0.29, 0.717) is 29.2 Å². The molecule has 4 aromatic rings. The average molecular weight is 461 g/mol.